The van der Waals surface area contributed by atoms with E-state index in [1.807, 2.05) is 56.3 Å². The minimum atomic E-state index is -0.566. The number of anilines is 1. The summed E-state index contributed by atoms with van der Waals surface area (Å²) in [6.07, 6.45) is 0.00396. The molecule has 0 unspecified atom stereocenters. The minimum absolute atomic E-state index is 0.0530. The van der Waals surface area contributed by atoms with E-state index < -0.39 is 11.9 Å². The van der Waals surface area contributed by atoms with Gasteiger partial charge in [0.15, 0.2) is 12.4 Å². The van der Waals surface area contributed by atoms with Crippen LogP contribution in [0.4, 0.5) is 5.69 Å². The number of hydrogen-bond donors (Lipinski definition) is 1. The van der Waals surface area contributed by atoms with Gasteiger partial charge in [-0.05, 0) is 49.1 Å². The van der Waals surface area contributed by atoms with Gasteiger partial charge in [-0.15, -0.1) is 0 Å². The number of amides is 1. The number of esters is 1. The van der Waals surface area contributed by atoms with Gasteiger partial charge < -0.3 is 10.1 Å². The second kappa shape index (κ2) is 9.83. The summed E-state index contributed by atoms with van der Waals surface area (Å²) in [5, 5.41) is 2.68. The van der Waals surface area contributed by atoms with Gasteiger partial charge in [-0.25, -0.2) is 0 Å². The Bertz CT molecular complexity index is 853. The Kier molecular flexibility index (Phi) is 7.50. The lowest BCUT2D eigenvalue weighted by atomic mass is 9.99. The molecule has 5 nitrogen and oxygen atoms in total. The molecular formula is C23H27NO4. The third-order valence-corrected chi connectivity index (χ3v) is 4.48. The first-order chi connectivity index (χ1) is 13.3. The molecule has 0 saturated heterocycles. The SMILES string of the molecule is Cc1ccc(C)c(C(=O)CCC(=O)OCC(=O)Nc2ccc(C(C)C)cc2)c1. The van der Waals surface area contributed by atoms with E-state index >= 15 is 0 Å². The van der Waals surface area contributed by atoms with E-state index in [1.54, 1.807) is 0 Å². The first-order valence-corrected chi connectivity index (χ1v) is 9.42. The minimum Gasteiger partial charge on any atom is -0.456 e. The highest BCUT2D eigenvalue weighted by Crippen LogP contribution is 2.17. The van der Waals surface area contributed by atoms with Gasteiger partial charge in [0.1, 0.15) is 0 Å². The second-order valence-electron chi connectivity index (χ2n) is 7.23. The molecule has 2 rings (SSSR count). The first kappa shape index (κ1) is 21.4. The zero-order valence-electron chi connectivity index (χ0n) is 16.9. The summed E-state index contributed by atoms with van der Waals surface area (Å²) in [4.78, 5) is 36.1. The van der Waals surface area contributed by atoms with E-state index in [0.29, 0.717) is 17.2 Å². The summed E-state index contributed by atoms with van der Waals surface area (Å²) in [6.45, 7) is 7.60. The maximum absolute atomic E-state index is 12.3. The number of rotatable bonds is 8. The molecular weight excluding hydrogens is 354 g/mol. The van der Waals surface area contributed by atoms with Crippen LogP contribution in [0.2, 0.25) is 0 Å². The number of benzene rings is 2. The molecule has 2 aromatic rings. The molecule has 2 aromatic carbocycles. The molecule has 0 atom stereocenters. The van der Waals surface area contributed by atoms with Crippen LogP contribution in [0.25, 0.3) is 0 Å². The van der Waals surface area contributed by atoms with Gasteiger partial charge in [-0.3, -0.25) is 14.4 Å². The number of carbonyl (C=O) groups excluding carboxylic acids is 3. The van der Waals surface area contributed by atoms with Gasteiger partial charge in [0.2, 0.25) is 0 Å². The Labute approximate surface area is 166 Å². The maximum atomic E-state index is 12.3. The normalized spacial score (nSPS) is 10.6. The molecule has 148 valence electrons. The molecule has 0 radical (unpaired) electrons. The number of hydrogen-bond acceptors (Lipinski definition) is 4. The molecule has 0 fully saturated rings. The molecule has 0 aliphatic carbocycles. The van der Waals surface area contributed by atoms with Crippen LogP contribution in [0.3, 0.4) is 0 Å². The molecule has 0 aliphatic rings. The van der Waals surface area contributed by atoms with E-state index in [1.165, 1.54) is 5.56 Å². The average Bonchev–Trinajstić information content (AvgIpc) is 2.66. The number of carbonyl (C=O) groups is 3. The monoisotopic (exact) mass is 381 g/mol. The molecule has 1 amide bonds. The fourth-order valence-electron chi connectivity index (χ4n) is 2.75. The maximum Gasteiger partial charge on any atom is 0.306 e. The molecule has 28 heavy (non-hydrogen) atoms. The first-order valence-electron chi connectivity index (χ1n) is 9.42. The Morgan fingerprint density at radius 1 is 0.964 bits per heavy atom. The lowest BCUT2D eigenvalue weighted by Crippen LogP contribution is -2.21. The Morgan fingerprint density at radius 3 is 2.29 bits per heavy atom. The topological polar surface area (TPSA) is 72.5 Å². The molecule has 0 spiro atoms. The molecule has 0 heterocycles. The predicted molar refractivity (Wildman–Crippen MR) is 110 cm³/mol. The standard InChI is InChI=1S/C23H27NO4/c1-15(2)18-7-9-19(10-8-18)24-22(26)14-28-23(27)12-11-21(25)20-13-16(3)5-6-17(20)4/h5-10,13,15H,11-12,14H2,1-4H3,(H,24,26). The summed E-state index contributed by atoms with van der Waals surface area (Å²) in [5.74, 6) is -0.666. The Balaban J connectivity index is 1.76. The fraction of sp³-hybridized carbons (Fsp3) is 0.348. The van der Waals surface area contributed by atoms with Crippen LogP contribution >= 0.6 is 0 Å². The van der Waals surface area contributed by atoms with Crippen LogP contribution in [-0.4, -0.2) is 24.3 Å². The smallest absolute Gasteiger partial charge is 0.306 e. The number of nitrogens with one attached hydrogen (secondary N) is 1. The van der Waals surface area contributed by atoms with Crippen molar-refractivity contribution in [2.75, 3.05) is 11.9 Å². The van der Waals surface area contributed by atoms with Gasteiger partial charge in [0.25, 0.3) is 5.91 Å². The molecule has 0 aromatic heterocycles. The van der Waals surface area contributed by atoms with Crippen LogP contribution in [0.1, 0.15) is 59.7 Å². The summed E-state index contributed by atoms with van der Waals surface area (Å²) >= 11 is 0. The van der Waals surface area contributed by atoms with Gasteiger partial charge in [0.05, 0.1) is 6.42 Å². The van der Waals surface area contributed by atoms with Crippen molar-refractivity contribution in [3.05, 3.63) is 64.7 Å². The van der Waals surface area contributed by atoms with Crippen molar-refractivity contribution in [1.82, 2.24) is 0 Å². The van der Waals surface area contributed by atoms with Crippen molar-refractivity contribution < 1.29 is 19.1 Å². The van der Waals surface area contributed by atoms with Gasteiger partial charge in [0, 0.05) is 17.7 Å². The number of Topliss-reactive ketones (excluding diaryl/α,β-unsaturated/α-hetero) is 1. The number of aryl methyl sites for hydroxylation is 2. The Hall–Kier alpha value is -2.95. The van der Waals surface area contributed by atoms with E-state index in [9.17, 15) is 14.4 Å². The van der Waals surface area contributed by atoms with Gasteiger partial charge >= 0.3 is 5.97 Å². The van der Waals surface area contributed by atoms with E-state index in [0.717, 1.165) is 11.1 Å². The van der Waals surface area contributed by atoms with E-state index in [2.05, 4.69) is 19.2 Å². The highest BCUT2D eigenvalue weighted by molar-refractivity contribution is 5.99. The highest BCUT2D eigenvalue weighted by Gasteiger charge is 2.14. The molecule has 1 N–H and O–H groups in total. The zero-order chi connectivity index (χ0) is 20.7. The third kappa shape index (κ3) is 6.34. The van der Waals surface area contributed by atoms with Crippen molar-refractivity contribution >= 4 is 23.3 Å². The van der Waals surface area contributed by atoms with Crippen LogP contribution in [-0.2, 0) is 14.3 Å². The highest BCUT2D eigenvalue weighted by atomic mass is 16.5. The summed E-state index contributed by atoms with van der Waals surface area (Å²) in [6, 6.07) is 13.2. The quantitative estimate of drug-likeness (QED) is 0.537. The van der Waals surface area contributed by atoms with Crippen LogP contribution < -0.4 is 5.32 Å². The molecule has 0 saturated carbocycles. The van der Waals surface area contributed by atoms with Crippen molar-refractivity contribution in [3.63, 3.8) is 0 Å². The molecule has 0 aliphatic heterocycles. The van der Waals surface area contributed by atoms with E-state index in [-0.39, 0.29) is 25.2 Å². The van der Waals surface area contributed by atoms with Crippen molar-refractivity contribution in [2.24, 2.45) is 0 Å². The van der Waals surface area contributed by atoms with Crippen LogP contribution in [0.5, 0.6) is 0 Å². The fourth-order valence-corrected chi connectivity index (χ4v) is 2.75. The number of ether oxygens (including phenoxy) is 1. The van der Waals surface area contributed by atoms with Gasteiger partial charge in [-0.2, -0.15) is 0 Å². The van der Waals surface area contributed by atoms with Crippen molar-refractivity contribution in [1.29, 1.82) is 0 Å². The molecule has 0 bridgehead atoms. The van der Waals surface area contributed by atoms with Crippen molar-refractivity contribution in [3.8, 4) is 0 Å². The lowest BCUT2D eigenvalue weighted by molar-refractivity contribution is -0.147. The third-order valence-electron chi connectivity index (χ3n) is 4.48. The largest absolute Gasteiger partial charge is 0.456 e. The summed E-state index contributed by atoms with van der Waals surface area (Å²) < 4.78 is 4.98. The van der Waals surface area contributed by atoms with Gasteiger partial charge in [-0.1, -0.05) is 43.7 Å². The number of ketones is 1. The predicted octanol–water partition coefficient (Wildman–Crippen LogP) is 4.57. The van der Waals surface area contributed by atoms with Crippen molar-refractivity contribution in [2.45, 2.75) is 46.5 Å². The van der Waals surface area contributed by atoms with Crippen LogP contribution in [0.15, 0.2) is 42.5 Å². The summed E-state index contributed by atoms with van der Waals surface area (Å²) in [5.41, 5.74) is 4.32. The summed E-state index contributed by atoms with van der Waals surface area (Å²) in [7, 11) is 0. The molecule has 5 heteroatoms. The second-order valence-corrected chi connectivity index (χ2v) is 7.23. The lowest BCUT2D eigenvalue weighted by Gasteiger charge is -2.09. The zero-order valence-corrected chi connectivity index (χ0v) is 16.9. The van der Waals surface area contributed by atoms with E-state index in [4.69, 9.17) is 4.74 Å². The Morgan fingerprint density at radius 2 is 1.64 bits per heavy atom. The van der Waals surface area contributed by atoms with Crippen LogP contribution in [0, 0.1) is 13.8 Å². The average molecular weight is 381 g/mol.